The zero-order valence-corrected chi connectivity index (χ0v) is 18.1. The summed E-state index contributed by atoms with van der Waals surface area (Å²) in [6.07, 6.45) is 4.67. The predicted octanol–water partition coefficient (Wildman–Crippen LogP) is 4.01. The summed E-state index contributed by atoms with van der Waals surface area (Å²) in [5.41, 5.74) is 3.91. The fourth-order valence-electron chi connectivity index (χ4n) is 4.29. The van der Waals surface area contributed by atoms with E-state index >= 15 is 0 Å². The maximum atomic E-state index is 11.1. The quantitative estimate of drug-likeness (QED) is 0.326. The molecule has 0 atom stereocenters. The summed E-state index contributed by atoms with van der Waals surface area (Å²) in [6, 6.07) is 16.3. The van der Waals surface area contributed by atoms with Crippen LogP contribution >= 0.6 is 0 Å². The Balaban J connectivity index is 1.48. The number of piperidine rings is 1. The Morgan fingerprint density at radius 3 is 2.78 bits per heavy atom. The fourth-order valence-corrected chi connectivity index (χ4v) is 4.29. The van der Waals surface area contributed by atoms with Crippen LogP contribution in [0.15, 0.2) is 54.9 Å². The summed E-state index contributed by atoms with van der Waals surface area (Å²) in [5, 5.41) is 1.10. The number of rotatable bonds is 7. The molecular formula is C25H26N4O3. The van der Waals surface area contributed by atoms with E-state index in [-0.39, 0.29) is 5.92 Å². The zero-order valence-electron chi connectivity index (χ0n) is 18.1. The summed E-state index contributed by atoms with van der Waals surface area (Å²) >= 11 is 0. The van der Waals surface area contributed by atoms with Gasteiger partial charge in [-0.15, -0.1) is 0 Å². The monoisotopic (exact) mass is 430 g/mol. The van der Waals surface area contributed by atoms with Gasteiger partial charge in [-0.1, -0.05) is 12.1 Å². The van der Waals surface area contributed by atoms with Crippen molar-refractivity contribution in [3.8, 4) is 11.6 Å². The number of benzene rings is 2. The Kier molecular flexibility index (Phi) is 5.73. The van der Waals surface area contributed by atoms with E-state index in [1.165, 1.54) is 0 Å². The Bertz CT molecular complexity index is 1240. The molecule has 0 amide bonds. The summed E-state index contributed by atoms with van der Waals surface area (Å²) in [7, 11) is 1.66. The number of para-hydroxylation sites is 1. The summed E-state index contributed by atoms with van der Waals surface area (Å²) in [4.78, 5) is 23.1. The van der Waals surface area contributed by atoms with Gasteiger partial charge in [-0.25, -0.2) is 9.97 Å². The van der Waals surface area contributed by atoms with E-state index in [2.05, 4.69) is 34.1 Å². The molecule has 0 unspecified atom stereocenters. The molecule has 0 N–H and O–H groups in total. The number of ether oxygens (including phenoxy) is 2. The number of hydrogen-bond donors (Lipinski definition) is 0. The lowest BCUT2D eigenvalue weighted by molar-refractivity contribution is -0.111. The van der Waals surface area contributed by atoms with Crippen molar-refractivity contribution >= 4 is 33.9 Å². The minimum atomic E-state index is 0.172. The number of anilines is 1. The highest BCUT2D eigenvalue weighted by Gasteiger charge is 2.21. The van der Waals surface area contributed by atoms with Crippen LogP contribution in [0, 0.1) is 5.92 Å². The van der Waals surface area contributed by atoms with Crippen molar-refractivity contribution in [2.24, 2.45) is 5.92 Å². The van der Waals surface area contributed by atoms with Crippen molar-refractivity contribution in [2.75, 3.05) is 38.3 Å². The van der Waals surface area contributed by atoms with E-state index in [0.717, 1.165) is 71.4 Å². The predicted molar refractivity (Wildman–Crippen MR) is 125 cm³/mol. The number of nitrogens with zero attached hydrogens (tertiary/aromatic N) is 4. The zero-order chi connectivity index (χ0) is 21.9. The lowest BCUT2D eigenvalue weighted by Gasteiger charge is -2.32. The van der Waals surface area contributed by atoms with E-state index in [0.29, 0.717) is 13.2 Å². The highest BCUT2D eigenvalue weighted by atomic mass is 16.5. The highest BCUT2D eigenvalue weighted by Crippen LogP contribution is 2.30. The molecule has 1 aliphatic heterocycles. The molecule has 0 bridgehead atoms. The average Bonchev–Trinajstić information content (AvgIpc) is 3.27. The molecule has 1 aliphatic rings. The summed E-state index contributed by atoms with van der Waals surface area (Å²) in [5.74, 6) is 1.76. The standard InChI is InChI=1S/C25H26N4O3/c1-31-13-14-32-20-6-7-22-21(15-20)26-17-29(22)24-8-5-19-3-2-4-23(25(19)27-24)28-11-9-18(16-30)10-12-28/h2-8,15-18H,9-14H2,1H3. The minimum absolute atomic E-state index is 0.172. The Hall–Kier alpha value is -3.45. The van der Waals surface area contributed by atoms with E-state index in [4.69, 9.17) is 14.5 Å². The average molecular weight is 431 g/mol. The van der Waals surface area contributed by atoms with Gasteiger partial charge in [-0.3, -0.25) is 4.57 Å². The molecule has 0 saturated carbocycles. The first-order chi connectivity index (χ1) is 15.8. The molecule has 164 valence electrons. The second kappa shape index (κ2) is 8.96. The maximum absolute atomic E-state index is 11.1. The van der Waals surface area contributed by atoms with Crippen LogP contribution in [0.5, 0.6) is 5.75 Å². The van der Waals surface area contributed by atoms with Gasteiger partial charge >= 0.3 is 0 Å². The van der Waals surface area contributed by atoms with Crippen LogP contribution < -0.4 is 9.64 Å². The Labute approximate surface area is 186 Å². The topological polar surface area (TPSA) is 69.5 Å². The van der Waals surface area contributed by atoms with Crippen molar-refractivity contribution in [2.45, 2.75) is 12.8 Å². The second-order valence-electron chi connectivity index (χ2n) is 8.09. The van der Waals surface area contributed by atoms with Gasteiger partial charge in [0.05, 0.1) is 28.8 Å². The lowest BCUT2D eigenvalue weighted by atomic mass is 9.98. The number of aromatic nitrogens is 3. The molecule has 3 heterocycles. The normalized spacial score (nSPS) is 14.8. The van der Waals surface area contributed by atoms with Crippen LogP contribution in [0.3, 0.4) is 0 Å². The number of imidazole rings is 1. The van der Waals surface area contributed by atoms with E-state index in [1.807, 2.05) is 28.8 Å². The number of carbonyl (C=O) groups is 1. The van der Waals surface area contributed by atoms with E-state index in [9.17, 15) is 4.79 Å². The van der Waals surface area contributed by atoms with Crippen LogP contribution in [0.25, 0.3) is 27.8 Å². The number of aldehydes is 1. The van der Waals surface area contributed by atoms with Crippen LogP contribution in [0.1, 0.15) is 12.8 Å². The molecule has 32 heavy (non-hydrogen) atoms. The number of fused-ring (bicyclic) bond motifs is 2. The molecule has 1 saturated heterocycles. The lowest BCUT2D eigenvalue weighted by Crippen LogP contribution is -2.34. The molecule has 2 aromatic heterocycles. The van der Waals surface area contributed by atoms with Crippen LogP contribution in [-0.4, -0.2) is 54.2 Å². The third kappa shape index (κ3) is 3.91. The van der Waals surface area contributed by atoms with Gasteiger partial charge in [0.2, 0.25) is 0 Å². The summed E-state index contributed by atoms with van der Waals surface area (Å²) < 4.78 is 12.8. The third-order valence-electron chi connectivity index (χ3n) is 6.08. The van der Waals surface area contributed by atoms with Crippen molar-refractivity contribution in [1.29, 1.82) is 0 Å². The van der Waals surface area contributed by atoms with Crippen LogP contribution in [0.2, 0.25) is 0 Å². The third-order valence-corrected chi connectivity index (χ3v) is 6.08. The maximum Gasteiger partial charge on any atom is 0.139 e. The molecule has 0 radical (unpaired) electrons. The Morgan fingerprint density at radius 1 is 1.09 bits per heavy atom. The fraction of sp³-hybridized carbons (Fsp3) is 0.320. The van der Waals surface area contributed by atoms with E-state index in [1.54, 1.807) is 13.4 Å². The highest BCUT2D eigenvalue weighted by molar-refractivity contribution is 5.92. The van der Waals surface area contributed by atoms with Crippen molar-refractivity contribution in [3.05, 3.63) is 54.9 Å². The van der Waals surface area contributed by atoms with Gasteiger partial charge in [-0.05, 0) is 43.2 Å². The van der Waals surface area contributed by atoms with Gasteiger partial charge in [-0.2, -0.15) is 0 Å². The first-order valence-corrected chi connectivity index (χ1v) is 11.0. The van der Waals surface area contributed by atoms with Gasteiger partial charge in [0.25, 0.3) is 0 Å². The molecular weight excluding hydrogens is 404 g/mol. The SMILES string of the molecule is COCCOc1ccc2c(c1)ncn2-c1ccc2cccc(N3CCC(C=O)CC3)c2n1. The van der Waals surface area contributed by atoms with Gasteiger partial charge in [0.1, 0.15) is 30.8 Å². The molecule has 0 spiro atoms. The molecule has 7 nitrogen and oxygen atoms in total. The molecule has 1 fully saturated rings. The first-order valence-electron chi connectivity index (χ1n) is 11.0. The Morgan fingerprint density at radius 2 is 1.97 bits per heavy atom. The minimum Gasteiger partial charge on any atom is -0.491 e. The molecule has 4 aromatic rings. The van der Waals surface area contributed by atoms with Gasteiger partial charge in [0.15, 0.2) is 0 Å². The van der Waals surface area contributed by atoms with E-state index < -0.39 is 0 Å². The van der Waals surface area contributed by atoms with Gasteiger partial charge in [0, 0.05) is 37.6 Å². The smallest absolute Gasteiger partial charge is 0.139 e. The second-order valence-corrected chi connectivity index (χ2v) is 8.09. The van der Waals surface area contributed by atoms with Crippen molar-refractivity contribution in [3.63, 3.8) is 0 Å². The molecule has 7 heteroatoms. The summed E-state index contributed by atoms with van der Waals surface area (Å²) in [6.45, 7) is 2.78. The van der Waals surface area contributed by atoms with Crippen LogP contribution in [-0.2, 0) is 9.53 Å². The number of hydrogen-bond acceptors (Lipinski definition) is 6. The number of methoxy groups -OCH3 is 1. The van der Waals surface area contributed by atoms with Crippen LogP contribution in [0.4, 0.5) is 5.69 Å². The van der Waals surface area contributed by atoms with Crippen molar-refractivity contribution in [1.82, 2.24) is 14.5 Å². The van der Waals surface area contributed by atoms with Crippen molar-refractivity contribution < 1.29 is 14.3 Å². The molecule has 5 rings (SSSR count). The largest absolute Gasteiger partial charge is 0.491 e. The van der Waals surface area contributed by atoms with Gasteiger partial charge < -0.3 is 19.2 Å². The first kappa shape index (κ1) is 20.5. The number of pyridine rings is 1. The number of carbonyl (C=O) groups excluding carboxylic acids is 1. The molecule has 2 aromatic carbocycles. The molecule has 0 aliphatic carbocycles.